The Morgan fingerprint density at radius 2 is 2.20 bits per heavy atom. The summed E-state index contributed by atoms with van der Waals surface area (Å²) in [5.41, 5.74) is 1.33. The molecule has 0 unspecified atom stereocenters. The van der Waals surface area contributed by atoms with Gasteiger partial charge >= 0.3 is 0 Å². The van der Waals surface area contributed by atoms with Crippen LogP contribution in [0.1, 0.15) is 51.5 Å². The Balaban J connectivity index is 2.28. The van der Waals surface area contributed by atoms with Crippen LogP contribution in [-0.2, 0) is 4.74 Å². The van der Waals surface area contributed by atoms with E-state index in [2.05, 4.69) is 54.9 Å². The van der Waals surface area contributed by atoms with Crippen LogP contribution in [0.2, 0.25) is 0 Å². The summed E-state index contributed by atoms with van der Waals surface area (Å²) in [6.45, 7) is 7.54. The zero-order valence-electron chi connectivity index (χ0n) is 12.9. The van der Waals surface area contributed by atoms with Crippen LogP contribution in [0.15, 0.2) is 22.7 Å². The van der Waals surface area contributed by atoms with Gasteiger partial charge < -0.3 is 9.47 Å². The summed E-state index contributed by atoms with van der Waals surface area (Å²) < 4.78 is 12.5. The number of benzene rings is 1. The Bertz CT molecular complexity index is 456. The fourth-order valence-corrected chi connectivity index (χ4v) is 3.76. The third-order valence-corrected chi connectivity index (χ3v) is 4.83. The molecule has 0 radical (unpaired) electrons. The Hall–Kier alpha value is -0.540. The van der Waals surface area contributed by atoms with Gasteiger partial charge in [-0.15, -0.1) is 0 Å². The first-order chi connectivity index (χ1) is 9.46. The fourth-order valence-electron chi connectivity index (χ4n) is 3.42. The van der Waals surface area contributed by atoms with Crippen molar-refractivity contribution in [2.24, 2.45) is 5.92 Å². The van der Waals surface area contributed by atoms with E-state index in [0.717, 1.165) is 36.1 Å². The lowest BCUT2D eigenvalue weighted by Crippen LogP contribution is -2.36. The van der Waals surface area contributed by atoms with Crippen molar-refractivity contribution in [3.63, 3.8) is 0 Å². The van der Waals surface area contributed by atoms with Gasteiger partial charge in [-0.2, -0.15) is 0 Å². The molecule has 0 saturated carbocycles. The second kappa shape index (κ2) is 6.48. The SMILES string of the molecule is CC[C@H](c1ccc(Br)cc1OC)[C@@H]1CCOC(C)(C)C1. The summed E-state index contributed by atoms with van der Waals surface area (Å²) in [6.07, 6.45) is 3.39. The normalized spacial score (nSPS) is 23.4. The third-order valence-electron chi connectivity index (χ3n) is 4.34. The van der Waals surface area contributed by atoms with E-state index in [1.165, 1.54) is 5.56 Å². The number of ether oxygens (including phenoxy) is 2. The van der Waals surface area contributed by atoms with Crippen LogP contribution in [0.4, 0.5) is 0 Å². The van der Waals surface area contributed by atoms with E-state index in [-0.39, 0.29) is 5.60 Å². The quantitative estimate of drug-likeness (QED) is 0.753. The molecule has 0 aliphatic carbocycles. The van der Waals surface area contributed by atoms with Crippen molar-refractivity contribution in [1.29, 1.82) is 0 Å². The minimum absolute atomic E-state index is 0.00106. The minimum atomic E-state index is -0.00106. The van der Waals surface area contributed by atoms with Crippen LogP contribution < -0.4 is 4.74 Å². The fraction of sp³-hybridized carbons (Fsp3) is 0.647. The highest BCUT2D eigenvalue weighted by Crippen LogP contribution is 2.43. The highest BCUT2D eigenvalue weighted by Gasteiger charge is 2.34. The summed E-state index contributed by atoms with van der Waals surface area (Å²) >= 11 is 3.52. The third kappa shape index (κ3) is 3.56. The molecule has 20 heavy (non-hydrogen) atoms. The Morgan fingerprint density at radius 1 is 1.45 bits per heavy atom. The van der Waals surface area contributed by atoms with Crippen LogP contribution in [0.25, 0.3) is 0 Å². The topological polar surface area (TPSA) is 18.5 Å². The number of halogens is 1. The molecule has 1 aromatic rings. The van der Waals surface area contributed by atoms with Gasteiger partial charge in [-0.05, 0) is 62.6 Å². The molecule has 0 aromatic heterocycles. The van der Waals surface area contributed by atoms with Crippen molar-refractivity contribution >= 4 is 15.9 Å². The first kappa shape index (κ1) is 15.8. The number of rotatable bonds is 4. The van der Waals surface area contributed by atoms with Crippen LogP contribution in [0, 0.1) is 5.92 Å². The molecule has 2 nitrogen and oxygen atoms in total. The molecule has 1 fully saturated rings. The molecule has 0 bridgehead atoms. The van der Waals surface area contributed by atoms with Crippen LogP contribution >= 0.6 is 15.9 Å². The molecule has 1 aromatic carbocycles. The van der Waals surface area contributed by atoms with Gasteiger partial charge in [-0.25, -0.2) is 0 Å². The maximum absolute atomic E-state index is 5.86. The van der Waals surface area contributed by atoms with Crippen molar-refractivity contribution < 1.29 is 9.47 Å². The van der Waals surface area contributed by atoms with E-state index in [0.29, 0.717) is 11.8 Å². The molecular weight excluding hydrogens is 316 g/mol. The zero-order valence-corrected chi connectivity index (χ0v) is 14.5. The maximum atomic E-state index is 5.86. The molecular formula is C17H25BrO2. The smallest absolute Gasteiger partial charge is 0.123 e. The number of methoxy groups -OCH3 is 1. The van der Waals surface area contributed by atoms with Crippen LogP contribution in [-0.4, -0.2) is 19.3 Å². The van der Waals surface area contributed by atoms with Crippen LogP contribution in [0.3, 0.4) is 0 Å². The summed E-state index contributed by atoms with van der Waals surface area (Å²) in [4.78, 5) is 0. The van der Waals surface area contributed by atoms with Crippen molar-refractivity contribution in [2.75, 3.05) is 13.7 Å². The summed E-state index contributed by atoms with van der Waals surface area (Å²) in [5, 5.41) is 0. The molecule has 112 valence electrons. The summed E-state index contributed by atoms with van der Waals surface area (Å²) in [7, 11) is 1.76. The lowest BCUT2D eigenvalue weighted by Gasteiger charge is -2.39. The van der Waals surface area contributed by atoms with E-state index in [9.17, 15) is 0 Å². The van der Waals surface area contributed by atoms with Gasteiger partial charge in [0.2, 0.25) is 0 Å². The Kier molecular flexibility index (Phi) is 5.14. The molecule has 3 heteroatoms. The molecule has 1 heterocycles. The number of hydrogen-bond acceptors (Lipinski definition) is 2. The summed E-state index contributed by atoms with van der Waals surface area (Å²) in [6, 6.07) is 6.40. The largest absolute Gasteiger partial charge is 0.496 e. The molecule has 0 spiro atoms. The van der Waals surface area contributed by atoms with Gasteiger partial charge in [-0.3, -0.25) is 0 Å². The second-order valence-electron chi connectivity index (χ2n) is 6.26. The molecule has 0 N–H and O–H groups in total. The first-order valence-electron chi connectivity index (χ1n) is 7.44. The average Bonchev–Trinajstić information content (AvgIpc) is 2.40. The van der Waals surface area contributed by atoms with Gasteiger partial charge in [0.15, 0.2) is 0 Å². The summed E-state index contributed by atoms with van der Waals surface area (Å²) in [5.74, 6) is 2.20. The Morgan fingerprint density at radius 3 is 2.80 bits per heavy atom. The molecule has 2 atom stereocenters. The zero-order chi connectivity index (χ0) is 14.8. The molecule has 2 rings (SSSR count). The van der Waals surface area contributed by atoms with Gasteiger partial charge in [0, 0.05) is 11.1 Å². The average molecular weight is 341 g/mol. The van der Waals surface area contributed by atoms with Crippen molar-refractivity contribution in [3.05, 3.63) is 28.2 Å². The maximum Gasteiger partial charge on any atom is 0.123 e. The predicted octanol–water partition coefficient (Wildman–Crippen LogP) is 5.16. The highest BCUT2D eigenvalue weighted by atomic mass is 79.9. The van der Waals surface area contributed by atoms with Crippen molar-refractivity contribution in [2.45, 2.75) is 51.6 Å². The van der Waals surface area contributed by atoms with Gasteiger partial charge in [0.05, 0.1) is 12.7 Å². The van der Waals surface area contributed by atoms with Gasteiger partial charge in [0.1, 0.15) is 5.75 Å². The van der Waals surface area contributed by atoms with Crippen molar-refractivity contribution in [3.8, 4) is 5.75 Å². The van der Waals surface area contributed by atoms with E-state index in [1.807, 2.05) is 0 Å². The Labute approximate surface area is 131 Å². The number of hydrogen-bond donors (Lipinski definition) is 0. The molecule has 0 amide bonds. The highest BCUT2D eigenvalue weighted by molar-refractivity contribution is 9.10. The van der Waals surface area contributed by atoms with E-state index in [1.54, 1.807) is 7.11 Å². The van der Waals surface area contributed by atoms with Crippen LogP contribution in [0.5, 0.6) is 5.75 Å². The van der Waals surface area contributed by atoms with Gasteiger partial charge in [0.25, 0.3) is 0 Å². The molecule has 1 aliphatic rings. The predicted molar refractivity (Wildman–Crippen MR) is 86.5 cm³/mol. The van der Waals surface area contributed by atoms with Crippen molar-refractivity contribution in [1.82, 2.24) is 0 Å². The monoisotopic (exact) mass is 340 g/mol. The standard InChI is InChI=1S/C17H25BrO2/c1-5-14(12-8-9-20-17(2,3)11-12)15-7-6-13(18)10-16(15)19-4/h6-7,10,12,14H,5,8-9,11H2,1-4H3/t12-,14+/m1/s1. The second-order valence-corrected chi connectivity index (χ2v) is 7.18. The van der Waals surface area contributed by atoms with E-state index >= 15 is 0 Å². The lowest BCUT2D eigenvalue weighted by molar-refractivity contribution is -0.0770. The van der Waals surface area contributed by atoms with Gasteiger partial charge in [-0.1, -0.05) is 28.9 Å². The first-order valence-corrected chi connectivity index (χ1v) is 8.23. The van der Waals surface area contributed by atoms with E-state index in [4.69, 9.17) is 9.47 Å². The lowest BCUT2D eigenvalue weighted by atomic mass is 9.75. The van der Waals surface area contributed by atoms with E-state index < -0.39 is 0 Å². The minimum Gasteiger partial charge on any atom is -0.496 e. The molecule has 1 aliphatic heterocycles. The molecule has 1 saturated heterocycles.